The van der Waals surface area contributed by atoms with Crippen molar-refractivity contribution in [3.63, 3.8) is 0 Å². The topological polar surface area (TPSA) is 121 Å². The van der Waals surface area contributed by atoms with Crippen molar-refractivity contribution in [2.24, 2.45) is 34.3 Å². The van der Waals surface area contributed by atoms with Crippen molar-refractivity contribution in [1.82, 2.24) is 4.98 Å². The van der Waals surface area contributed by atoms with Gasteiger partial charge in [-0.2, -0.15) is 4.98 Å². The highest BCUT2D eigenvalue weighted by Crippen LogP contribution is 2.70. The number of ketones is 1. The first-order valence-corrected chi connectivity index (χ1v) is 14.4. The number of carbonyl (C=O) groups is 2. The largest absolute Gasteiger partial charge is 0.486 e. The minimum Gasteiger partial charge on any atom is -0.486 e. The summed E-state index contributed by atoms with van der Waals surface area (Å²) >= 11 is 1.07. The number of hydrogen-bond donors (Lipinski definition) is 2. The molecule has 8 nitrogen and oxygen atoms in total. The first kappa shape index (κ1) is 26.2. The van der Waals surface area contributed by atoms with Crippen molar-refractivity contribution < 1.29 is 28.9 Å². The summed E-state index contributed by atoms with van der Waals surface area (Å²) in [4.78, 5) is 33.0. The van der Waals surface area contributed by atoms with Gasteiger partial charge < -0.3 is 25.1 Å². The normalized spacial score (nSPS) is 40.2. The summed E-state index contributed by atoms with van der Waals surface area (Å²) in [7, 11) is 0. The average molecular weight is 543 g/mol. The summed E-state index contributed by atoms with van der Waals surface area (Å²) in [5, 5.41) is 9.88. The lowest BCUT2D eigenvalue weighted by molar-refractivity contribution is -0.271. The Kier molecular flexibility index (Phi) is 5.50. The van der Waals surface area contributed by atoms with Gasteiger partial charge in [0.05, 0.1) is 12.0 Å². The quantitative estimate of drug-likeness (QED) is 0.424. The fourth-order valence-corrected chi connectivity index (χ4v) is 8.84. The maximum absolute atomic E-state index is 14.6. The Balaban J connectivity index is 1.48. The van der Waals surface area contributed by atoms with Gasteiger partial charge in [-0.05, 0) is 67.9 Å². The highest BCUT2D eigenvalue weighted by Gasteiger charge is 2.74. The van der Waals surface area contributed by atoms with Gasteiger partial charge in [-0.1, -0.05) is 51.2 Å². The molecule has 9 heteroatoms. The molecule has 0 amide bonds. The van der Waals surface area contributed by atoms with E-state index in [0.717, 1.165) is 28.9 Å². The van der Waals surface area contributed by atoms with Crippen LogP contribution in [-0.4, -0.2) is 52.0 Å². The monoisotopic (exact) mass is 542 g/mol. The van der Waals surface area contributed by atoms with Crippen LogP contribution in [0.25, 0.3) is 0 Å². The molecule has 3 fully saturated rings. The third kappa shape index (κ3) is 3.34. The van der Waals surface area contributed by atoms with Gasteiger partial charge in [0.25, 0.3) is 5.19 Å². The Morgan fingerprint density at radius 1 is 1.29 bits per heavy atom. The van der Waals surface area contributed by atoms with Crippen molar-refractivity contribution >= 4 is 23.1 Å². The van der Waals surface area contributed by atoms with Crippen molar-refractivity contribution in [2.75, 3.05) is 6.61 Å². The molecule has 7 atom stereocenters. The maximum Gasteiger partial charge on any atom is 0.358 e. The number of nitrogens with zero attached hydrogens (tertiary/aromatic N) is 1. The first-order chi connectivity index (χ1) is 17.6. The predicted octanol–water partition coefficient (Wildman–Crippen LogP) is 4.48. The first-order valence-electron chi connectivity index (χ1n) is 13.6. The number of rotatable bonds is 3. The summed E-state index contributed by atoms with van der Waals surface area (Å²) in [5.74, 6) is -1.15. The molecule has 38 heavy (non-hydrogen) atoms. The van der Waals surface area contributed by atoms with Gasteiger partial charge in [0.1, 0.15) is 17.7 Å². The number of carbonyl (C=O) groups excluding carboxylic acids is 2. The molecule has 1 aromatic heterocycles. The molecular formula is C29H38N2O6S. The summed E-state index contributed by atoms with van der Waals surface area (Å²) in [6.07, 6.45) is 3.89. The summed E-state index contributed by atoms with van der Waals surface area (Å²) < 4.78 is 18.8. The number of Topliss-reactive ketones (excluding diaryl/α,β-unsaturated/α-hetero) is 1. The second-order valence-corrected chi connectivity index (χ2v) is 14.3. The van der Waals surface area contributed by atoms with Gasteiger partial charge in [0, 0.05) is 10.8 Å². The molecule has 5 aliphatic rings. The zero-order chi connectivity index (χ0) is 27.6. The van der Waals surface area contributed by atoms with Crippen LogP contribution in [0.3, 0.4) is 0 Å². The van der Waals surface area contributed by atoms with Crippen molar-refractivity contribution in [2.45, 2.75) is 90.8 Å². The van der Waals surface area contributed by atoms with Crippen LogP contribution >= 0.6 is 11.3 Å². The van der Waals surface area contributed by atoms with Crippen LogP contribution in [0.1, 0.15) is 82.6 Å². The number of fused-ring (bicyclic) bond motifs is 5. The highest BCUT2D eigenvalue weighted by atomic mass is 32.1. The minimum atomic E-state index is -1.36. The molecule has 3 N–H and O–H groups in total. The number of aromatic nitrogens is 1. The summed E-state index contributed by atoms with van der Waals surface area (Å²) in [5.41, 5.74) is 6.84. The van der Waals surface area contributed by atoms with Gasteiger partial charge in [-0.3, -0.25) is 4.79 Å². The molecule has 2 bridgehead atoms. The molecule has 1 aliphatic heterocycles. The number of ether oxygens (including phenoxy) is 3. The van der Waals surface area contributed by atoms with Crippen LogP contribution in [0, 0.1) is 28.6 Å². The lowest BCUT2D eigenvalue weighted by Crippen LogP contribution is -2.71. The maximum atomic E-state index is 14.6. The van der Waals surface area contributed by atoms with E-state index in [9.17, 15) is 14.7 Å². The molecule has 0 radical (unpaired) electrons. The second-order valence-electron chi connectivity index (χ2n) is 13.3. The third-order valence-corrected chi connectivity index (χ3v) is 11.1. The smallest absolute Gasteiger partial charge is 0.358 e. The zero-order valence-electron chi connectivity index (χ0n) is 23.2. The Morgan fingerprint density at radius 2 is 2.00 bits per heavy atom. The number of hydrogen-bond acceptors (Lipinski definition) is 9. The van der Waals surface area contributed by atoms with E-state index in [1.807, 2.05) is 40.7 Å². The van der Waals surface area contributed by atoms with E-state index >= 15 is 0 Å². The fourth-order valence-electron chi connectivity index (χ4n) is 8.05. The summed E-state index contributed by atoms with van der Waals surface area (Å²) in [6, 6.07) is 0. The van der Waals surface area contributed by atoms with Crippen LogP contribution in [0.5, 0.6) is 5.19 Å². The average Bonchev–Trinajstić information content (AvgIpc) is 3.10. The number of allylic oxidation sites excluding steroid dienone is 1. The highest BCUT2D eigenvalue weighted by molar-refractivity contribution is 7.13. The van der Waals surface area contributed by atoms with Gasteiger partial charge in [0.2, 0.25) is 0 Å². The van der Waals surface area contributed by atoms with Gasteiger partial charge in [0.15, 0.2) is 17.3 Å². The van der Waals surface area contributed by atoms with Gasteiger partial charge in [-0.15, -0.1) is 0 Å². The molecular weight excluding hydrogens is 504 g/mol. The molecule has 4 aliphatic carbocycles. The van der Waals surface area contributed by atoms with Crippen molar-refractivity contribution in [3.05, 3.63) is 33.9 Å². The molecule has 206 valence electrons. The van der Waals surface area contributed by atoms with Gasteiger partial charge in [-0.25, -0.2) is 4.79 Å². The molecule has 0 aromatic carbocycles. The number of thiazole rings is 1. The van der Waals surface area contributed by atoms with Gasteiger partial charge >= 0.3 is 5.97 Å². The van der Waals surface area contributed by atoms with E-state index in [1.165, 1.54) is 0 Å². The van der Waals surface area contributed by atoms with E-state index in [2.05, 4.69) is 24.9 Å². The van der Waals surface area contributed by atoms with Crippen LogP contribution in [0.4, 0.5) is 0 Å². The van der Waals surface area contributed by atoms with Crippen LogP contribution in [-0.2, 0) is 19.0 Å². The van der Waals surface area contributed by atoms with Crippen molar-refractivity contribution in [3.8, 4) is 5.19 Å². The van der Waals surface area contributed by atoms with Crippen molar-refractivity contribution in [1.29, 1.82) is 0 Å². The standard InChI is InChI=1S/C29H38N2O6S/c1-13(2)20-19(31-25(34)38-20)24(33)36-22-14(3)11-28-9-8-17-18(26(17,4)5)16(21(28)32)10-15-12-35-27(6,7)37-23(15)29(22,28)30/h10-11,13,16-18,22-23H,8-9,12,30H2,1-7H3,(H,31,34). The van der Waals surface area contributed by atoms with E-state index in [1.54, 1.807) is 0 Å². The van der Waals surface area contributed by atoms with Crippen LogP contribution in [0.2, 0.25) is 0 Å². The molecule has 2 saturated carbocycles. The van der Waals surface area contributed by atoms with E-state index < -0.39 is 34.9 Å². The Bertz CT molecular complexity index is 1290. The molecule has 7 unspecified atom stereocenters. The minimum absolute atomic E-state index is 0.0272. The Morgan fingerprint density at radius 3 is 2.68 bits per heavy atom. The lowest BCUT2D eigenvalue weighted by Gasteiger charge is -2.52. The van der Waals surface area contributed by atoms with Crippen LogP contribution in [0.15, 0.2) is 23.3 Å². The van der Waals surface area contributed by atoms with Crippen LogP contribution < -0.4 is 5.73 Å². The third-order valence-electron chi connectivity index (χ3n) is 9.95. The molecule has 1 aromatic rings. The summed E-state index contributed by atoms with van der Waals surface area (Å²) in [6.45, 7) is 14.2. The predicted molar refractivity (Wildman–Crippen MR) is 142 cm³/mol. The molecule has 1 spiro atoms. The fraction of sp³-hybridized carbons (Fsp3) is 0.690. The van der Waals surface area contributed by atoms with E-state index in [4.69, 9.17) is 19.9 Å². The Hall–Kier alpha value is -2.07. The molecule has 6 rings (SSSR count). The second kappa shape index (κ2) is 7.99. The number of aromatic hydroxyl groups is 1. The number of esters is 1. The molecule has 2 heterocycles. The molecule has 1 saturated heterocycles. The van der Waals surface area contributed by atoms with E-state index in [0.29, 0.717) is 23.8 Å². The van der Waals surface area contributed by atoms with E-state index in [-0.39, 0.29) is 39.8 Å². The SMILES string of the molecule is CC1=CC23CCC4C(C(C=C5COC(C)(C)OC5C2(N)C1OC(=O)c1nc(O)sc1C(C)C)C3=O)C4(C)C. The lowest BCUT2D eigenvalue weighted by atomic mass is 9.61. The Labute approximate surface area is 227 Å². The number of nitrogens with two attached hydrogens (primary N) is 1. The zero-order valence-corrected chi connectivity index (χ0v) is 24.0.